The Kier molecular flexibility index (Phi) is 5.66. The van der Waals surface area contributed by atoms with Crippen molar-refractivity contribution in [3.05, 3.63) is 0 Å². The van der Waals surface area contributed by atoms with E-state index < -0.39 is 6.04 Å². The molecule has 0 aromatic carbocycles. The average molecular weight is 245 g/mol. The van der Waals surface area contributed by atoms with Gasteiger partial charge in [0.25, 0.3) is 0 Å². The minimum Gasteiger partial charge on any atom is -0.461 e. The molecular formula is C11H19NO3S. The number of nitrogens with one attached hydrogen (secondary N) is 1. The zero-order valence-electron chi connectivity index (χ0n) is 9.57. The van der Waals surface area contributed by atoms with E-state index in [1.807, 2.05) is 0 Å². The molecule has 1 rings (SSSR count). The lowest BCUT2D eigenvalue weighted by Gasteiger charge is -2.24. The highest BCUT2D eigenvalue weighted by Gasteiger charge is 2.24. The highest BCUT2D eigenvalue weighted by atomic mass is 32.1. The fourth-order valence-electron chi connectivity index (χ4n) is 1.85. The number of carbonyl (C=O) groups is 2. The first-order valence-corrected chi connectivity index (χ1v) is 6.35. The molecule has 1 aliphatic carbocycles. The largest absolute Gasteiger partial charge is 0.461 e. The lowest BCUT2D eigenvalue weighted by molar-refractivity contribution is -0.153. The van der Waals surface area contributed by atoms with E-state index >= 15 is 0 Å². The molecule has 5 heteroatoms. The Morgan fingerprint density at radius 1 is 1.38 bits per heavy atom. The molecule has 0 spiro atoms. The van der Waals surface area contributed by atoms with Crippen molar-refractivity contribution in [3.8, 4) is 0 Å². The molecule has 4 nitrogen and oxygen atoms in total. The molecule has 0 aromatic heterocycles. The van der Waals surface area contributed by atoms with Crippen molar-refractivity contribution in [3.63, 3.8) is 0 Å². The van der Waals surface area contributed by atoms with Crippen molar-refractivity contribution in [2.45, 2.75) is 51.2 Å². The van der Waals surface area contributed by atoms with Gasteiger partial charge in [0.2, 0.25) is 5.91 Å². The molecule has 1 amide bonds. The van der Waals surface area contributed by atoms with E-state index in [0.717, 1.165) is 25.7 Å². The third-order valence-corrected chi connectivity index (χ3v) is 3.04. The van der Waals surface area contributed by atoms with Gasteiger partial charge in [0, 0.05) is 12.7 Å². The topological polar surface area (TPSA) is 55.4 Å². The summed E-state index contributed by atoms with van der Waals surface area (Å²) in [4.78, 5) is 22.5. The SMILES string of the molecule is CC(=O)N[C@@H](CS)C(=O)OC1CCCCC1. The molecule has 0 heterocycles. The van der Waals surface area contributed by atoms with Crippen molar-refractivity contribution in [2.24, 2.45) is 0 Å². The molecule has 0 saturated heterocycles. The normalized spacial score (nSPS) is 18.9. The summed E-state index contributed by atoms with van der Waals surface area (Å²) in [5.41, 5.74) is 0. The van der Waals surface area contributed by atoms with Gasteiger partial charge >= 0.3 is 5.97 Å². The van der Waals surface area contributed by atoms with E-state index in [1.165, 1.54) is 13.3 Å². The first-order chi connectivity index (χ1) is 7.63. The summed E-state index contributed by atoms with van der Waals surface area (Å²) in [5, 5.41) is 2.53. The molecule has 1 N–H and O–H groups in total. The second-order valence-corrected chi connectivity index (χ2v) is 4.50. The van der Waals surface area contributed by atoms with Crippen LogP contribution in [0.1, 0.15) is 39.0 Å². The Hall–Kier alpha value is -0.710. The van der Waals surface area contributed by atoms with Crippen LogP contribution in [0.5, 0.6) is 0 Å². The summed E-state index contributed by atoms with van der Waals surface area (Å²) >= 11 is 4.03. The third-order valence-electron chi connectivity index (χ3n) is 2.68. The summed E-state index contributed by atoms with van der Waals surface area (Å²) in [6.45, 7) is 1.38. The maximum absolute atomic E-state index is 11.7. The van der Waals surface area contributed by atoms with Gasteiger partial charge in [-0.05, 0) is 25.7 Å². The van der Waals surface area contributed by atoms with Crippen LogP contribution in [0.15, 0.2) is 0 Å². The highest BCUT2D eigenvalue weighted by Crippen LogP contribution is 2.20. The van der Waals surface area contributed by atoms with Crippen LogP contribution in [-0.2, 0) is 14.3 Å². The van der Waals surface area contributed by atoms with E-state index in [0.29, 0.717) is 0 Å². The van der Waals surface area contributed by atoms with Gasteiger partial charge in [-0.15, -0.1) is 0 Å². The number of amides is 1. The van der Waals surface area contributed by atoms with Crippen molar-refractivity contribution in [2.75, 3.05) is 5.75 Å². The van der Waals surface area contributed by atoms with Crippen LogP contribution in [0.2, 0.25) is 0 Å². The van der Waals surface area contributed by atoms with E-state index in [9.17, 15) is 9.59 Å². The molecule has 1 atom stereocenters. The summed E-state index contributed by atoms with van der Waals surface area (Å²) in [6.07, 6.45) is 5.34. The second kappa shape index (κ2) is 6.78. The molecule has 1 saturated carbocycles. The molecule has 1 fully saturated rings. The van der Waals surface area contributed by atoms with Gasteiger partial charge in [-0.25, -0.2) is 4.79 Å². The maximum Gasteiger partial charge on any atom is 0.329 e. The van der Waals surface area contributed by atoms with E-state index in [2.05, 4.69) is 17.9 Å². The minimum absolute atomic E-state index is 0.0254. The maximum atomic E-state index is 11.7. The standard InChI is InChI=1S/C11H19NO3S/c1-8(13)12-10(7-16)11(14)15-9-5-3-2-4-6-9/h9-10,16H,2-7H2,1H3,(H,12,13)/t10-/m0/s1. The monoisotopic (exact) mass is 245 g/mol. The smallest absolute Gasteiger partial charge is 0.329 e. The third kappa shape index (κ3) is 4.43. The van der Waals surface area contributed by atoms with Crippen molar-refractivity contribution >= 4 is 24.5 Å². The van der Waals surface area contributed by atoms with Crippen LogP contribution in [0.25, 0.3) is 0 Å². The predicted octanol–water partition coefficient (Wildman–Crippen LogP) is 1.30. The lowest BCUT2D eigenvalue weighted by Crippen LogP contribution is -2.43. The first kappa shape index (κ1) is 13.4. The Morgan fingerprint density at radius 2 is 2.00 bits per heavy atom. The minimum atomic E-state index is -0.622. The number of carbonyl (C=O) groups excluding carboxylic acids is 2. The molecule has 92 valence electrons. The Balaban J connectivity index is 2.38. The fraction of sp³-hybridized carbons (Fsp3) is 0.818. The van der Waals surface area contributed by atoms with Crippen LogP contribution in [-0.4, -0.2) is 29.8 Å². The van der Waals surface area contributed by atoms with Crippen molar-refractivity contribution < 1.29 is 14.3 Å². The number of ether oxygens (including phenoxy) is 1. The zero-order chi connectivity index (χ0) is 12.0. The van der Waals surface area contributed by atoms with E-state index in [-0.39, 0.29) is 23.7 Å². The van der Waals surface area contributed by atoms with Gasteiger partial charge < -0.3 is 10.1 Å². The van der Waals surface area contributed by atoms with E-state index in [4.69, 9.17) is 4.74 Å². The van der Waals surface area contributed by atoms with Gasteiger partial charge in [0.05, 0.1) is 0 Å². The quantitative estimate of drug-likeness (QED) is 0.580. The van der Waals surface area contributed by atoms with Gasteiger partial charge in [-0.1, -0.05) is 6.42 Å². The number of esters is 1. The van der Waals surface area contributed by atoms with Gasteiger partial charge in [-0.2, -0.15) is 12.6 Å². The Morgan fingerprint density at radius 3 is 2.50 bits per heavy atom. The van der Waals surface area contributed by atoms with Crippen molar-refractivity contribution in [1.29, 1.82) is 0 Å². The predicted molar refractivity (Wildman–Crippen MR) is 64.4 cm³/mol. The summed E-state index contributed by atoms with van der Waals surface area (Å²) < 4.78 is 5.34. The molecule has 0 unspecified atom stereocenters. The van der Waals surface area contributed by atoms with Crippen molar-refractivity contribution in [1.82, 2.24) is 5.32 Å². The molecule has 0 aliphatic heterocycles. The van der Waals surface area contributed by atoms with Gasteiger partial charge in [0.1, 0.15) is 12.1 Å². The van der Waals surface area contributed by atoms with Gasteiger partial charge in [-0.3, -0.25) is 4.79 Å². The molecule has 16 heavy (non-hydrogen) atoms. The van der Waals surface area contributed by atoms with Crippen LogP contribution < -0.4 is 5.32 Å². The van der Waals surface area contributed by atoms with E-state index in [1.54, 1.807) is 0 Å². The molecule has 0 aromatic rings. The summed E-state index contributed by atoms with van der Waals surface area (Å²) in [6, 6.07) is -0.622. The highest BCUT2D eigenvalue weighted by molar-refractivity contribution is 7.80. The fourth-order valence-corrected chi connectivity index (χ4v) is 2.09. The number of rotatable bonds is 4. The Labute approximate surface area is 102 Å². The summed E-state index contributed by atoms with van der Waals surface area (Å²) in [5.74, 6) is -0.331. The summed E-state index contributed by atoms with van der Waals surface area (Å²) in [7, 11) is 0. The number of hydrogen-bond donors (Lipinski definition) is 2. The lowest BCUT2D eigenvalue weighted by atomic mass is 9.98. The molecule has 0 bridgehead atoms. The molecule has 1 aliphatic rings. The number of thiol groups is 1. The van der Waals surface area contributed by atoms with Gasteiger partial charge in [0.15, 0.2) is 0 Å². The Bertz CT molecular complexity index is 252. The zero-order valence-corrected chi connectivity index (χ0v) is 10.5. The van der Waals surface area contributed by atoms with Crippen LogP contribution in [0, 0.1) is 0 Å². The first-order valence-electron chi connectivity index (χ1n) is 5.72. The molecule has 0 radical (unpaired) electrons. The second-order valence-electron chi connectivity index (χ2n) is 4.13. The van der Waals surface area contributed by atoms with Crippen LogP contribution in [0.3, 0.4) is 0 Å². The number of hydrogen-bond acceptors (Lipinski definition) is 4. The molecular weight excluding hydrogens is 226 g/mol. The van der Waals surface area contributed by atoms with Crippen LogP contribution in [0.4, 0.5) is 0 Å². The average Bonchev–Trinajstić information content (AvgIpc) is 2.26. The van der Waals surface area contributed by atoms with Crippen LogP contribution >= 0.6 is 12.6 Å².